The summed E-state index contributed by atoms with van der Waals surface area (Å²) in [6.07, 6.45) is 3.07. The number of rotatable bonds is 5. The van der Waals surface area contributed by atoms with Crippen LogP contribution in [0.25, 0.3) is 5.69 Å². The van der Waals surface area contributed by atoms with Gasteiger partial charge in [0.2, 0.25) is 5.91 Å². The third kappa shape index (κ3) is 3.01. The van der Waals surface area contributed by atoms with E-state index in [-0.39, 0.29) is 11.8 Å². The second-order valence-corrected chi connectivity index (χ2v) is 6.76. The van der Waals surface area contributed by atoms with Gasteiger partial charge in [-0.2, -0.15) is 5.10 Å². The number of hydrogen-bond acceptors (Lipinski definition) is 4. The first kappa shape index (κ1) is 18.1. The van der Waals surface area contributed by atoms with Crippen molar-refractivity contribution < 1.29 is 14.3 Å². The molecule has 0 unspecified atom stereocenters. The lowest BCUT2D eigenvalue weighted by Gasteiger charge is -2.25. The average molecular weight is 377 g/mol. The van der Waals surface area contributed by atoms with Crippen molar-refractivity contribution in [3.05, 3.63) is 65.4 Å². The van der Waals surface area contributed by atoms with E-state index in [9.17, 15) is 4.79 Å². The second-order valence-electron chi connectivity index (χ2n) is 6.76. The summed E-state index contributed by atoms with van der Waals surface area (Å²) < 4.78 is 12.7. The van der Waals surface area contributed by atoms with E-state index >= 15 is 0 Å². The summed E-state index contributed by atoms with van der Waals surface area (Å²) in [6.45, 7) is 2.11. The van der Waals surface area contributed by atoms with Crippen molar-refractivity contribution in [2.24, 2.45) is 0 Å². The molecule has 1 aromatic heterocycles. The molecular formula is C22H23N3O3. The smallest absolute Gasteiger partial charge is 0.226 e. The number of amides is 1. The molecule has 0 saturated carbocycles. The molecule has 28 heavy (non-hydrogen) atoms. The summed E-state index contributed by atoms with van der Waals surface area (Å²) in [5.74, 6) is 1.97. The van der Waals surface area contributed by atoms with Crippen LogP contribution in [-0.2, 0) is 11.2 Å². The number of ether oxygens (including phenoxy) is 2. The fourth-order valence-electron chi connectivity index (χ4n) is 3.80. The van der Waals surface area contributed by atoms with Gasteiger partial charge in [0.25, 0.3) is 0 Å². The second kappa shape index (κ2) is 7.38. The minimum atomic E-state index is -0.132. The molecule has 0 spiro atoms. The Morgan fingerprint density at radius 2 is 1.96 bits per heavy atom. The van der Waals surface area contributed by atoms with Crippen LogP contribution in [0, 0.1) is 0 Å². The number of nitrogens with zero attached hydrogens (tertiary/aromatic N) is 2. The third-order valence-corrected chi connectivity index (χ3v) is 5.24. The van der Waals surface area contributed by atoms with E-state index in [4.69, 9.17) is 9.47 Å². The molecule has 3 aromatic rings. The van der Waals surface area contributed by atoms with Gasteiger partial charge in [-0.3, -0.25) is 4.79 Å². The van der Waals surface area contributed by atoms with Crippen LogP contribution < -0.4 is 14.8 Å². The minimum Gasteiger partial charge on any atom is -0.497 e. The summed E-state index contributed by atoms with van der Waals surface area (Å²) in [4.78, 5) is 12.6. The molecule has 4 rings (SSSR count). The van der Waals surface area contributed by atoms with Crippen molar-refractivity contribution in [3.8, 4) is 17.2 Å². The van der Waals surface area contributed by atoms with E-state index in [0.29, 0.717) is 17.9 Å². The van der Waals surface area contributed by atoms with Gasteiger partial charge < -0.3 is 14.8 Å². The van der Waals surface area contributed by atoms with E-state index in [1.54, 1.807) is 14.2 Å². The van der Waals surface area contributed by atoms with E-state index in [0.717, 1.165) is 29.1 Å². The largest absolute Gasteiger partial charge is 0.497 e. The Labute approximate surface area is 164 Å². The number of benzene rings is 2. The van der Waals surface area contributed by atoms with Gasteiger partial charge in [-0.1, -0.05) is 31.2 Å². The van der Waals surface area contributed by atoms with Crippen LogP contribution in [0.3, 0.4) is 0 Å². The lowest BCUT2D eigenvalue weighted by molar-refractivity contribution is -0.116. The molecule has 1 aliphatic rings. The molecule has 144 valence electrons. The maximum atomic E-state index is 12.6. The zero-order chi connectivity index (χ0) is 19.7. The zero-order valence-electron chi connectivity index (χ0n) is 16.2. The van der Waals surface area contributed by atoms with E-state index in [2.05, 4.69) is 23.4 Å². The summed E-state index contributed by atoms with van der Waals surface area (Å²) >= 11 is 0. The van der Waals surface area contributed by atoms with Crippen LogP contribution in [-0.4, -0.2) is 29.9 Å². The van der Waals surface area contributed by atoms with Gasteiger partial charge in [0.05, 0.1) is 26.1 Å². The molecule has 0 saturated heterocycles. The molecule has 1 amide bonds. The number of anilines is 1. The number of hydrogen-bond donors (Lipinski definition) is 1. The molecular weight excluding hydrogens is 354 g/mol. The quantitative estimate of drug-likeness (QED) is 0.732. The van der Waals surface area contributed by atoms with E-state index in [1.807, 2.05) is 47.3 Å². The maximum Gasteiger partial charge on any atom is 0.226 e. The fraction of sp³-hybridized carbons (Fsp3) is 0.273. The van der Waals surface area contributed by atoms with Gasteiger partial charge >= 0.3 is 0 Å². The Morgan fingerprint density at radius 1 is 1.14 bits per heavy atom. The molecule has 6 heteroatoms. The van der Waals surface area contributed by atoms with Crippen LogP contribution in [0.15, 0.2) is 48.7 Å². The number of carbonyl (C=O) groups is 1. The predicted molar refractivity (Wildman–Crippen MR) is 108 cm³/mol. The van der Waals surface area contributed by atoms with Gasteiger partial charge in [0, 0.05) is 29.5 Å². The first-order chi connectivity index (χ1) is 13.7. The standard InChI is InChI=1S/C22H23N3O3/c1-4-14-7-5-6-8-19(14)25-22-18(13-23-25)17(12-21(26)24-22)16-10-9-15(27-2)11-20(16)28-3/h5-11,13,17H,4,12H2,1-3H3,(H,24,26)/t17-/m0/s1. The van der Waals surface area contributed by atoms with Crippen LogP contribution >= 0.6 is 0 Å². The number of aryl methyl sites for hydroxylation is 1. The van der Waals surface area contributed by atoms with Crippen molar-refractivity contribution in [3.63, 3.8) is 0 Å². The molecule has 0 fully saturated rings. The summed E-state index contributed by atoms with van der Waals surface area (Å²) in [6, 6.07) is 13.8. The molecule has 2 heterocycles. The highest BCUT2D eigenvalue weighted by atomic mass is 16.5. The molecule has 0 bridgehead atoms. The zero-order valence-corrected chi connectivity index (χ0v) is 16.2. The number of carbonyl (C=O) groups excluding carboxylic acids is 1. The molecule has 0 aliphatic carbocycles. The van der Waals surface area contributed by atoms with Gasteiger partial charge in [-0.05, 0) is 24.1 Å². The summed E-state index contributed by atoms with van der Waals surface area (Å²) in [5, 5.41) is 7.63. The first-order valence-corrected chi connectivity index (χ1v) is 9.34. The molecule has 1 aliphatic heterocycles. The number of nitrogens with one attached hydrogen (secondary N) is 1. The molecule has 2 aromatic carbocycles. The lowest BCUT2D eigenvalue weighted by Crippen LogP contribution is -2.25. The SMILES string of the molecule is CCc1ccccc1-n1ncc2c1NC(=O)C[C@H]2c1ccc(OC)cc1OC. The van der Waals surface area contributed by atoms with Crippen molar-refractivity contribution in [2.75, 3.05) is 19.5 Å². The van der Waals surface area contributed by atoms with Crippen molar-refractivity contribution in [1.29, 1.82) is 0 Å². The first-order valence-electron chi connectivity index (χ1n) is 9.34. The Kier molecular flexibility index (Phi) is 4.77. The highest BCUT2D eigenvalue weighted by Gasteiger charge is 2.32. The predicted octanol–water partition coefficient (Wildman–Crippen LogP) is 3.93. The average Bonchev–Trinajstić information content (AvgIpc) is 3.16. The number of para-hydroxylation sites is 1. The number of methoxy groups -OCH3 is 2. The van der Waals surface area contributed by atoms with Crippen LogP contribution in [0.4, 0.5) is 5.82 Å². The highest BCUT2D eigenvalue weighted by molar-refractivity contribution is 5.94. The minimum absolute atomic E-state index is 0.0360. The van der Waals surface area contributed by atoms with Crippen LogP contribution in [0.5, 0.6) is 11.5 Å². The van der Waals surface area contributed by atoms with Gasteiger partial charge in [-0.25, -0.2) is 4.68 Å². The highest BCUT2D eigenvalue weighted by Crippen LogP contribution is 2.42. The van der Waals surface area contributed by atoms with E-state index < -0.39 is 0 Å². The van der Waals surface area contributed by atoms with Crippen molar-refractivity contribution in [2.45, 2.75) is 25.7 Å². The third-order valence-electron chi connectivity index (χ3n) is 5.24. The Bertz CT molecular complexity index is 1030. The fourth-order valence-corrected chi connectivity index (χ4v) is 3.80. The Hall–Kier alpha value is -3.28. The van der Waals surface area contributed by atoms with Gasteiger partial charge in [0.15, 0.2) is 0 Å². The van der Waals surface area contributed by atoms with Crippen LogP contribution in [0.2, 0.25) is 0 Å². The lowest BCUT2D eigenvalue weighted by atomic mass is 9.86. The molecule has 1 atom stereocenters. The molecule has 6 nitrogen and oxygen atoms in total. The summed E-state index contributed by atoms with van der Waals surface area (Å²) in [7, 11) is 3.25. The topological polar surface area (TPSA) is 65.4 Å². The van der Waals surface area contributed by atoms with Crippen molar-refractivity contribution in [1.82, 2.24) is 9.78 Å². The normalized spacial score (nSPS) is 15.7. The monoisotopic (exact) mass is 377 g/mol. The summed E-state index contributed by atoms with van der Waals surface area (Å²) in [5.41, 5.74) is 4.08. The van der Waals surface area contributed by atoms with Crippen LogP contribution in [0.1, 0.15) is 36.0 Å². The number of aromatic nitrogens is 2. The Balaban J connectivity index is 1.84. The number of fused-ring (bicyclic) bond motifs is 1. The molecule has 0 radical (unpaired) electrons. The maximum absolute atomic E-state index is 12.6. The molecule has 1 N–H and O–H groups in total. The van der Waals surface area contributed by atoms with Gasteiger partial charge in [-0.15, -0.1) is 0 Å². The van der Waals surface area contributed by atoms with Gasteiger partial charge in [0.1, 0.15) is 17.3 Å². The van der Waals surface area contributed by atoms with E-state index in [1.165, 1.54) is 5.56 Å². The Morgan fingerprint density at radius 3 is 2.71 bits per heavy atom. The van der Waals surface area contributed by atoms with Crippen molar-refractivity contribution >= 4 is 11.7 Å².